The Hall–Kier alpha value is -3.84. The third-order valence-electron chi connectivity index (χ3n) is 5.56. The Bertz CT molecular complexity index is 1220. The highest BCUT2D eigenvalue weighted by Crippen LogP contribution is 2.30. The predicted octanol–water partition coefficient (Wildman–Crippen LogP) is 5.22. The molecule has 174 valence electrons. The van der Waals surface area contributed by atoms with Gasteiger partial charge >= 0.3 is 0 Å². The van der Waals surface area contributed by atoms with Crippen LogP contribution >= 0.6 is 11.6 Å². The van der Waals surface area contributed by atoms with Crippen molar-refractivity contribution in [2.75, 3.05) is 27.4 Å². The molecule has 34 heavy (non-hydrogen) atoms. The lowest BCUT2D eigenvalue weighted by Gasteiger charge is -2.29. The van der Waals surface area contributed by atoms with Crippen molar-refractivity contribution in [3.8, 4) is 0 Å². The van der Waals surface area contributed by atoms with Gasteiger partial charge in [-0.3, -0.25) is 14.4 Å². The Morgan fingerprint density at radius 2 is 1.76 bits per heavy atom. The highest BCUT2D eigenvalue weighted by Gasteiger charge is 2.26. The number of hydrogen-bond donors (Lipinski definition) is 3. The van der Waals surface area contributed by atoms with Crippen LogP contribution in [-0.4, -0.2) is 24.3 Å². The summed E-state index contributed by atoms with van der Waals surface area (Å²) in [4.78, 5) is 38.5. The van der Waals surface area contributed by atoms with E-state index in [2.05, 4.69) is 16.0 Å². The Labute approximate surface area is 203 Å². The predicted molar refractivity (Wildman–Crippen MR) is 135 cm³/mol. The van der Waals surface area contributed by atoms with Gasteiger partial charge in [0.05, 0.1) is 22.1 Å². The van der Waals surface area contributed by atoms with E-state index in [-0.39, 0.29) is 43.1 Å². The fourth-order valence-corrected chi connectivity index (χ4v) is 4.04. The van der Waals surface area contributed by atoms with Crippen molar-refractivity contribution in [1.29, 1.82) is 0 Å². The van der Waals surface area contributed by atoms with Crippen molar-refractivity contribution in [2.45, 2.75) is 25.8 Å². The molecule has 0 spiro atoms. The van der Waals surface area contributed by atoms with E-state index in [4.69, 9.17) is 11.6 Å². The maximum Gasteiger partial charge on any atom is 0.244 e. The van der Waals surface area contributed by atoms with E-state index >= 15 is 0 Å². The number of halogens is 1. The summed E-state index contributed by atoms with van der Waals surface area (Å²) in [6, 6.07) is 22.4. The van der Waals surface area contributed by atoms with Crippen LogP contribution < -0.4 is 20.9 Å². The molecule has 4 rings (SSSR count). The van der Waals surface area contributed by atoms with Crippen LogP contribution in [0.3, 0.4) is 0 Å². The van der Waals surface area contributed by atoms with Crippen molar-refractivity contribution >= 4 is 52.1 Å². The summed E-state index contributed by atoms with van der Waals surface area (Å²) in [7, 11) is 0. The summed E-state index contributed by atoms with van der Waals surface area (Å²) in [5, 5.41) is 9.37. The molecular weight excluding hydrogens is 452 g/mol. The van der Waals surface area contributed by atoms with Crippen molar-refractivity contribution in [2.24, 2.45) is 0 Å². The number of hydrogen-bond acceptors (Lipinski definition) is 4. The van der Waals surface area contributed by atoms with Crippen LogP contribution in [0.5, 0.6) is 0 Å². The molecule has 1 aliphatic rings. The van der Waals surface area contributed by atoms with E-state index in [1.54, 1.807) is 36.4 Å². The molecule has 1 aliphatic heterocycles. The Morgan fingerprint density at radius 3 is 2.53 bits per heavy atom. The van der Waals surface area contributed by atoms with Crippen molar-refractivity contribution in [1.82, 2.24) is 0 Å². The summed E-state index contributed by atoms with van der Waals surface area (Å²) in [5.41, 5.74) is 3.65. The summed E-state index contributed by atoms with van der Waals surface area (Å²) in [6.45, 7) is 1.98. The molecule has 1 atom stereocenters. The fraction of sp³-hybridized carbons (Fsp3) is 0.192. The molecule has 0 aromatic heterocycles. The van der Waals surface area contributed by atoms with Crippen LogP contribution in [0.2, 0.25) is 5.02 Å². The lowest BCUT2D eigenvalue weighted by atomic mass is 10.1. The number of amides is 3. The lowest BCUT2D eigenvalue weighted by molar-refractivity contribution is -0.124. The number of benzene rings is 3. The average Bonchev–Trinajstić information content (AvgIpc) is 2.84. The molecule has 0 saturated heterocycles. The van der Waals surface area contributed by atoms with Gasteiger partial charge in [-0.1, -0.05) is 54.1 Å². The number of carbonyl (C=O) groups excluding carboxylic acids is 3. The molecule has 3 aromatic carbocycles. The molecule has 3 amide bonds. The SMILES string of the molecule is CC(Nc1ccc(NC(=O)CCC(=O)N2CC(=O)Nc3ccccc32)cc1Cl)c1ccccc1. The highest BCUT2D eigenvalue weighted by atomic mass is 35.5. The second-order valence-electron chi connectivity index (χ2n) is 8.06. The van der Waals surface area contributed by atoms with Crippen molar-refractivity contribution < 1.29 is 14.4 Å². The van der Waals surface area contributed by atoms with E-state index < -0.39 is 0 Å². The van der Waals surface area contributed by atoms with E-state index in [1.165, 1.54) is 4.90 Å². The van der Waals surface area contributed by atoms with Crippen LogP contribution in [0.1, 0.15) is 31.4 Å². The molecule has 7 nitrogen and oxygen atoms in total. The lowest BCUT2D eigenvalue weighted by Crippen LogP contribution is -2.42. The van der Waals surface area contributed by atoms with Crippen LogP contribution in [0.4, 0.5) is 22.7 Å². The fourth-order valence-electron chi connectivity index (χ4n) is 3.80. The minimum atomic E-state index is -0.308. The van der Waals surface area contributed by atoms with Crippen LogP contribution in [0, 0.1) is 0 Å². The zero-order valence-corrected chi connectivity index (χ0v) is 19.4. The third kappa shape index (κ3) is 5.55. The molecule has 1 unspecified atom stereocenters. The van der Waals surface area contributed by atoms with Gasteiger partial charge in [-0.15, -0.1) is 0 Å². The molecule has 3 N–H and O–H groups in total. The number of nitrogens with one attached hydrogen (secondary N) is 3. The first-order chi connectivity index (χ1) is 16.4. The Morgan fingerprint density at radius 1 is 1.03 bits per heavy atom. The van der Waals surface area contributed by atoms with Gasteiger partial charge in [-0.05, 0) is 42.8 Å². The molecule has 0 fully saturated rings. The summed E-state index contributed by atoms with van der Waals surface area (Å²) in [5.74, 6) is -0.858. The summed E-state index contributed by atoms with van der Waals surface area (Å²) >= 11 is 6.42. The maximum atomic E-state index is 12.7. The van der Waals surface area contributed by atoms with Gasteiger partial charge in [-0.25, -0.2) is 0 Å². The van der Waals surface area contributed by atoms with Gasteiger partial charge in [0.25, 0.3) is 0 Å². The number of para-hydroxylation sites is 2. The molecular formula is C26H25ClN4O3. The molecule has 0 aliphatic carbocycles. The second-order valence-corrected chi connectivity index (χ2v) is 8.47. The Balaban J connectivity index is 1.32. The van der Waals surface area contributed by atoms with Crippen LogP contribution in [-0.2, 0) is 14.4 Å². The Kier molecular flexibility index (Phi) is 7.13. The highest BCUT2D eigenvalue weighted by molar-refractivity contribution is 6.33. The van der Waals surface area contributed by atoms with Gasteiger partial charge < -0.3 is 20.9 Å². The molecule has 1 heterocycles. The normalized spacial score (nSPS) is 13.5. The van der Waals surface area contributed by atoms with Gasteiger partial charge in [0.1, 0.15) is 6.54 Å². The van der Waals surface area contributed by atoms with Crippen molar-refractivity contribution in [3.05, 3.63) is 83.4 Å². The minimum Gasteiger partial charge on any atom is -0.377 e. The third-order valence-corrected chi connectivity index (χ3v) is 5.87. The number of nitrogens with zero attached hydrogens (tertiary/aromatic N) is 1. The van der Waals surface area contributed by atoms with E-state index in [9.17, 15) is 14.4 Å². The first kappa shape index (κ1) is 23.3. The number of carbonyl (C=O) groups is 3. The zero-order chi connectivity index (χ0) is 24.1. The van der Waals surface area contributed by atoms with Crippen molar-refractivity contribution in [3.63, 3.8) is 0 Å². The smallest absolute Gasteiger partial charge is 0.244 e. The van der Waals surface area contributed by atoms with Crippen LogP contribution in [0.25, 0.3) is 0 Å². The van der Waals surface area contributed by atoms with E-state index in [0.717, 1.165) is 11.3 Å². The molecule has 0 bridgehead atoms. The second kappa shape index (κ2) is 10.4. The number of rotatable bonds is 7. The molecule has 3 aromatic rings. The number of anilines is 4. The average molecular weight is 477 g/mol. The number of fused-ring (bicyclic) bond motifs is 1. The molecule has 8 heteroatoms. The first-order valence-corrected chi connectivity index (χ1v) is 11.4. The van der Waals surface area contributed by atoms with Crippen LogP contribution in [0.15, 0.2) is 72.8 Å². The topological polar surface area (TPSA) is 90.5 Å². The summed E-state index contributed by atoms with van der Waals surface area (Å²) in [6.07, 6.45) is -0.0306. The monoisotopic (exact) mass is 476 g/mol. The van der Waals surface area contributed by atoms with Gasteiger partial charge in [0.15, 0.2) is 0 Å². The van der Waals surface area contributed by atoms with E-state index in [1.807, 2.05) is 43.3 Å². The van der Waals surface area contributed by atoms with Gasteiger partial charge in [0, 0.05) is 24.6 Å². The summed E-state index contributed by atoms with van der Waals surface area (Å²) < 4.78 is 0. The van der Waals surface area contributed by atoms with E-state index in [0.29, 0.717) is 22.1 Å². The molecule has 0 saturated carbocycles. The first-order valence-electron chi connectivity index (χ1n) is 11.0. The standard InChI is InChI=1S/C26H25ClN4O3/c1-17(18-7-3-2-4-8-18)28-21-12-11-19(15-20(21)27)29-24(32)13-14-26(34)31-16-25(33)30-22-9-5-6-10-23(22)31/h2-12,15,17,28H,13-14,16H2,1H3,(H,29,32)(H,30,33). The van der Waals surface area contributed by atoms with Gasteiger partial charge in [-0.2, -0.15) is 0 Å². The molecule has 0 radical (unpaired) electrons. The quantitative estimate of drug-likeness (QED) is 0.436. The maximum absolute atomic E-state index is 12.7. The minimum absolute atomic E-state index is 0.0121. The zero-order valence-electron chi connectivity index (χ0n) is 18.7. The largest absolute Gasteiger partial charge is 0.377 e. The van der Waals surface area contributed by atoms with Gasteiger partial charge in [0.2, 0.25) is 17.7 Å².